The fraction of sp³-hybridized carbons (Fsp3) is 0.190. The molecule has 0 aliphatic heterocycles. The summed E-state index contributed by atoms with van der Waals surface area (Å²) in [5.74, 6) is -2.91. The van der Waals surface area contributed by atoms with Crippen LogP contribution >= 0.6 is 0 Å². The molecule has 1 atom stereocenters. The van der Waals surface area contributed by atoms with E-state index in [0.717, 1.165) is 18.2 Å². The van der Waals surface area contributed by atoms with Gasteiger partial charge in [-0.15, -0.1) is 0 Å². The lowest BCUT2D eigenvalue weighted by Crippen LogP contribution is -2.24. The van der Waals surface area contributed by atoms with Crippen LogP contribution in [0.3, 0.4) is 0 Å². The van der Waals surface area contributed by atoms with Crippen molar-refractivity contribution in [2.75, 3.05) is 19.8 Å². The molecule has 0 saturated carbocycles. The molecule has 0 radical (unpaired) electrons. The monoisotopic (exact) mass is 431 g/mol. The van der Waals surface area contributed by atoms with Gasteiger partial charge in [-0.1, -0.05) is 6.07 Å². The summed E-state index contributed by atoms with van der Waals surface area (Å²) in [5, 5.41) is 9.24. The number of benzene rings is 1. The summed E-state index contributed by atoms with van der Waals surface area (Å²) in [7, 11) is 0. The summed E-state index contributed by atoms with van der Waals surface area (Å²) in [6.07, 6.45) is 2.87. The van der Waals surface area contributed by atoms with E-state index in [2.05, 4.69) is 15.0 Å². The molecule has 0 bridgehead atoms. The van der Waals surface area contributed by atoms with E-state index in [4.69, 9.17) is 16.2 Å². The maximum Gasteiger partial charge on any atom is 0.150 e. The van der Waals surface area contributed by atoms with Crippen LogP contribution < -0.4 is 16.2 Å². The average molecular weight is 431 g/mol. The third kappa shape index (κ3) is 5.16. The minimum absolute atomic E-state index is 0.00375. The van der Waals surface area contributed by atoms with Gasteiger partial charge in [0.15, 0.2) is 0 Å². The number of nitrogens with zero attached hydrogens (tertiary/aromatic N) is 3. The molecule has 0 amide bonds. The zero-order valence-electron chi connectivity index (χ0n) is 16.3. The number of nitrogens with two attached hydrogens (primary N) is 2. The van der Waals surface area contributed by atoms with E-state index in [-0.39, 0.29) is 42.9 Å². The zero-order valence-corrected chi connectivity index (χ0v) is 16.3. The molecule has 0 spiro atoms. The molecule has 1 aromatic carbocycles. The number of hydrogen-bond acceptors (Lipinski definition) is 6. The number of aliphatic hydroxyl groups is 1. The molecule has 5 N–H and O–H groups in total. The predicted molar refractivity (Wildman–Crippen MR) is 109 cm³/mol. The van der Waals surface area contributed by atoms with Crippen LogP contribution in [0, 0.1) is 23.4 Å². The molecule has 2 heterocycles. The van der Waals surface area contributed by atoms with Crippen LogP contribution in [0.1, 0.15) is 5.69 Å². The van der Waals surface area contributed by atoms with Crippen molar-refractivity contribution in [3.63, 3.8) is 0 Å². The summed E-state index contributed by atoms with van der Waals surface area (Å²) < 4.78 is 48.1. The van der Waals surface area contributed by atoms with E-state index in [1.807, 2.05) is 0 Å². The number of ether oxygens (including phenoxy) is 1. The molecule has 3 aromatic rings. The Morgan fingerprint density at radius 3 is 2.52 bits per heavy atom. The van der Waals surface area contributed by atoms with Gasteiger partial charge in [-0.2, -0.15) is 0 Å². The van der Waals surface area contributed by atoms with Gasteiger partial charge in [-0.05, 0) is 24.3 Å². The Bertz CT molecular complexity index is 1070. The maximum atomic E-state index is 14.3. The maximum absolute atomic E-state index is 14.3. The SMILES string of the molecule is NCC(CO)COc1ccncc1N=C(N)c1ccc(F)c(-c2c(F)cccc2F)n1. The molecule has 0 aliphatic rings. The number of halogens is 3. The summed E-state index contributed by atoms with van der Waals surface area (Å²) in [4.78, 5) is 12.1. The minimum Gasteiger partial charge on any atom is -0.491 e. The second kappa shape index (κ2) is 10.0. The number of rotatable bonds is 8. The first-order valence-electron chi connectivity index (χ1n) is 9.27. The van der Waals surface area contributed by atoms with E-state index in [9.17, 15) is 18.3 Å². The Hall–Kier alpha value is -3.50. The molecular formula is C21H20F3N5O2. The van der Waals surface area contributed by atoms with Gasteiger partial charge in [-0.25, -0.2) is 23.1 Å². The Kier molecular flexibility index (Phi) is 7.16. The third-order valence-corrected chi connectivity index (χ3v) is 4.38. The number of pyridine rings is 2. The number of aromatic nitrogens is 2. The van der Waals surface area contributed by atoms with Gasteiger partial charge in [0.1, 0.15) is 46.1 Å². The van der Waals surface area contributed by atoms with Crippen LogP contribution in [0.15, 0.2) is 53.8 Å². The molecule has 3 rings (SSSR count). The van der Waals surface area contributed by atoms with E-state index >= 15 is 0 Å². The van der Waals surface area contributed by atoms with Crippen LogP contribution in [0.5, 0.6) is 5.75 Å². The lowest BCUT2D eigenvalue weighted by Gasteiger charge is -2.14. The van der Waals surface area contributed by atoms with E-state index in [1.165, 1.54) is 24.5 Å². The molecule has 10 heteroatoms. The summed E-state index contributed by atoms with van der Waals surface area (Å²) in [6.45, 7) is 0.235. The van der Waals surface area contributed by atoms with Gasteiger partial charge in [0.2, 0.25) is 0 Å². The Morgan fingerprint density at radius 2 is 1.84 bits per heavy atom. The zero-order chi connectivity index (χ0) is 22.4. The van der Waals surface area contributed by atoms with Gasteiger partial charge >= 0.3 is 0 Å². The fourth-order valence-corrected chi connectivity index (χ4v) is 2.65. The van der Waals surface area contributed by atoms with Crippen LogP contribution in [-0.4, -0.2) is 40.7 Å². The van der Waals surface area contributed by atoms with Crippen molar-refractivity contribution in [3.8, 4) is 17.0 Å². The normalized spacial score (nSPS) is 12.6. The topological polar surface area (TPSA) is 120 Å². The molecule has 0 saturated heterocycles. The van der Waals surface area contributed by atoms with Gasteiger partial charge < -0.3 is 21.3 Å². The Labute approximate surface area is 176 Å². The largest absolute Gasteiger partial charge is 0.491 e. The van der Waals surface area contributed by atoms with Crippen LogP contribution in [-0.2, 0) is 0 Å². The van der Waals surface area contributed by atoms with Crippen LogP contribution in [0.2, 0.25) is 0 Å². The van der Waals surface area contributed by atoms with Gasteiger partial charge in [0.25, 0.3) is 0 Å². The van der Waals surface area contributed by atoms with E-state index in [1.54, 1.807) is 6.07 Å². The smallest absolute Gasteiger partial charge is 0.150 e. The Morgan fingerprint density at radius 1 is 1.10 bits per heavy atom. The van der Waals surface area contributed by atoms with Gasteiger partial charge in [0.05, 0.1) is 25.0 Å². The highest BCUT2D eigenvalue weighted by atomic mass is 19.1. The standard InChI is InChI=1S/C21H20F3N5O2/c22-13-2-1-3-14(23)19(13)20-15(24)4-5-16(28-20)21(26)29-17-9-27-7-6-18(17)31-11-12(8-25)10-30/h1-7,9,12,30H,8,10-11,25H2,(H2,26,29). The van der Waals surface area contributed by atoms with Crippen molar-refractivity contribution < 1.29 is 23.0 Å². The molecular weight excluding hydrogens is 411 g/mol. The van der Waals surface area contributed by atoms with Crippen LogP contribution in [0.25, 0.3) is 11.3 Å². The van der Waals surface area contributed by atoms with Gasteiger partial charge in [-0.3, -0.25) is 4.98 Å². The third-order valence-electron chi connectivity index (χ3n) is 4.38. The van der Waals surface area contributed by atoms with Crippen molar-refractivity contribution >= 4 is 11.5 Å². The summed E-state index contributed by atoms with van der Waals surface area (Å²) in [6, 6.07) is 6.97. The van der Waals surface area contributed by atoms with E-state index in [0.29, 0.717) is 5.75 Å². The van der Waals surface area contributed by atoms with E-state index < -0.39 is 28.7 Å². The second-order valence-electron chi connectivity index (χ2n) is 6.56. The molecule has 7 nitrogen and oxygen atoms in total. The highest BCUT2D eigenvalue weighted by molar-refractivity contribution is 5.98. The summed E-state index contributed by atoms with van der Waals surface area (Å²) in [5.41, 5.74) is 10.7. The molecule has 162 valence electrons. The predicted octanol–water partition coefficient (Wildman–Crippen LogP) is 2.54. The summed E-state index contributed by atoms with van der Waals surface area (Å²) >= 11 is 0. The quantitative estimate of drug-likeness (QED) is 0.373. The highest BCUT2D eigenvalue weighted by Gasteiger charge is 2.18. The van der Waals surface area contributed by atoms with Crippen LogP contribution in [0.4, 0.5) is 18.9 Å². The van der Waals surface area contributed by atoms with Crippen molar-refractivity contribution in [2.45, 2.75) is 0 Å². The first kappa shape index (κ1) is 22.2. The fourth-order valence-electron chi connectivity index (χ4n) is 2.65. The molecule has 0 fully saturated rings. The lowest BCUT2D eigenvalue weighted by atomic mass is 10.1. The van der Waals surface area contributed by atoms with Crippen molar-refractivity contribution in [2.24, 2.45) is 22.4 Å². The Balaban J connectivity index is 1.95. The molecule has 31 heavy (non-hydrogen) atoms. The highest BCUT2D eigenvalue weighted by Crippen LogP contribution is 2.29. The average Bonchev–Trinajstić information content (AvgIpc) is 2.76. The van der Waals surface area contributed by atoms with Crippen molar-refractivity contribution in [3.05, 3.63) is 71.9 Å². The van der Waals surface area contributed by atoms with Crippen molar-refractivity contribution in [1.82, 2.24) is 9.97 Å². The number of aliphatic hydroxyl groups excluding tert-OH is 1. The minimum atomic E-state index is -0.958. The number of aliphatic imine (C=N–C) groups is 1. The number of hydrogen-bond donors (Lipinski definition) is 3. The first-order valence-corrected chi connectivity index (χ1v) is 9.27. The molecule has 1 unspecified atom stereocenters. The first-order chi connectivity index (χ1) is 14.9. The molecule has 2 aromatic heterocycles. The van der Waals surface area contributed by atoms with Gasteiger partial charge in [0, 0.05) is 24.7 Å². The second-order valence-corrected chi connectivity index (χ2v) is 6.56. The lowest BCUT2D eigenvalue weighted by molar-refractivity contribution is 0.168. The number of amidine groups is 1. The molecule has 0 aliphatic carbocycles. The van der Waals surface area contributed by atoms with Crippen molar-refractivity contribution in [1.29, 1.82) is 0 Å².